The molecule has 1 aliphatic heterocycles. The molecule has 2 amide bonds. The molecule has 7 nitrogen and oxygen atoms in total. The maximum Gasteiger partial charge on any atom is 0.410 e. The fraction of sp³-hybridized carbons (Fsp3) is 0.412. The number of hydrogen-bond acceptors (Lipinski definition) is 6. The highest BCUT2D eigenvalue weighted by Gasteiger charge is 2.28. The number of hydrogen-bond donors (Lipinski definition) is 1. The van der Waals surface area contributed by atoms with Crippen molar-refractivity contribution in [3.63, 3.8) is 0 Å². The van der Waals surface area contributed by atoms with Gasteiger partial charge in [-0.15, -0.1) is 0 Å². The number of halogens is 1. The molecule has 3 rings (SSSR count). The lowest BCUT2D eigenvalue weighted by atomic mass is 10.2. The molecule has 2 aromatic rings. The Labute approximate surface area is 160 Å². The number of carbonyl (C=O) groups excluding carboxylic acids is 2. The van der Waals surface area contributed by atoms with Gasteiger partial charge in [-0.25, -0.2) is 14.8 Å². The second-order valence-electron chi connectivity index (χ2n) is 6.86. The maximum absolute atomic E-state index is 12.3. The van der Waals surface area contributed by atoms with Crippen molar-refractivity contribution in [1.29, 1.82) is 0 Å². The molecule has 0 bridgehead atoms. The Bertz CT molecular complexity index is 830. The quantitative estimate of drug-likeness (QED) is 0.784. The van der Waals surface area contributed by atoms with Crippen molar-refractivity contribution in [2.45, 2.75) is 39.3 Å². The number of rotatable bonds is 2. The zero-order chi connectivity index (χ0) is 18.9. The Kier molecular flexibility index (Phi) is 5.15. The zero-order valence-corrected chi connectivity index (χ0v) is 16.3. The van der Waals surface area contributed by atoms with Gasteiger partial charge in [0.1, 0.15) is 10.8 Å². The van der Waals surface area contributed by atoms with Crippen molar-refractivity contribution in [1.82, 2.24) is 14.9 Å². The normalized spacial score (nSPS) is 13.9. The van der Waals surface area contributed by atoms with Gasteiger partial charge in [-0.05, 0) is 32.9 Å². The van der Waals surface area contributed by atoms with Crippen LogP contribution in [0, 0.1) is 0 Å². The van der Waals surface area contributed by atoms with Crippen molar-refractivity contribution >= 4 is 40.1 Å². The van der Waals surface area contributed by atoms with E-state index in [-0.39, 0.29) is 12.0 Å². The van der Waals surface area contributed by atoms with E-state index in [2.05, 4.69) is 15.3 Å². The van der Waals surface area contributed by atoms with E-state index < -0.39 is 5.60 Å². The average Bonchev–Trinajstić information content (AvgIpc) is 2.95. The molecule has 0 saturated heterocycles. The summed E-state index contributed by atoms with van der Waals surface area (Å²) in [4.78, 5) is 35.4. The lowest BCUT2D eigenvalue weighted by Gasteiger charge is -2.29. The average molecular weight is 395 g/mol. The number of nitrogens with one attached hydrogen (secondary N) is 1. The van der Waals surface area contributed by atoms with Gasteiger partial charge in [0.25, 0.3) is 5.91 Å². The first-order valence-electron chi connectivity index (χ1n) is 8.11. The van der Waals surface area contributed by atoms with Crippen LogP contribution in [0.25, 0.3) is 0 Å². The first-order chi connectivity index (χ1) is 12.2. The standard InChI is InChI=1S/C17H19ClN4O3S/c1-17(2,3)25-16(24)22-7-6-11-12(9-22)26-15(20-11)21-14(23)10-4-5-13(18)19-8-10/h4-5,8H,6-7,9H2,1-3H3,(H,20,21,23). The van der Waals surface area contributed by atoms with Crippen LogP contribution in [0.5, 0.6) is 0 Å². The molecule has 138 valence electrons. The number of nitrogens with zero attached hydrogens (tertiary/aromatic N) is 3. The Morgan fingerprint density at radius 2 is 2.12 bits per heavy atom. The van der Waals surface area contributed by atoms with Crippen molar-refractivity contribution in [2.75, 3.05) is 11.9 Å². The molecule has 0 aromatic carbocycles. The zero-order valence-electron chi connectivity index (χ0n) is 14.7. The van der Waals surface area contributed by atoms with Gasteiger partial charge < -0.3 is 9.64 Å². The molecule has 2 aromatic heterocycles. The molecular formula is C17H19ClN4O3S. The van der Waals surface area contributed by atoms with Crippen LogP contribution in [0.2, 0.25) is 5.15 Å². The van der Waals surface area contributed by atoms with E-state index in [9.17, 15) is 9.59 Å². The van der Waals surface area contributed by atoms with Crippen LogP contribution in [-0.2, 0) is 17.7 Å². The fourth-order valence-corrected chi connectivity index (χ4v) is 3.54. The lowest BCUT2D eigenvalue weighted by molar-refractivity contribution is 0.0225. The van der Waals surface area contributed by atoms with Crippen LogP contribution in [0.15, 0.2) is 18.3 Å². The van der Waals surface area contributed by atoms with Crippen LogP contribution in [0.4, 0.5) is 9.93 Å². The summed E-state index contributed by atoms with van der Waals surface area (Å²) in [5, 5.41) is 3.60. The van der Waals surface area contributed by atoms with E-state index in [1.807, 2.05) is 20.8 Å². The molecule has 26 heavy (non-hydrogen) atoms. The molecule has 1 aliphatic rings. The Morgan fingerprint density at radius 1 is 1.35 bits per heavy atom. The molecule has 0 radical (unpaired) electrons. The van der Waals surface area contributed by atoms with E-state index in [4.69, 9.17) is 16.3 Å². The summed E-state index contributed by atoms with van der Waals surface area (Å²) in [5.41, 5.74) is 0.772. The summed E-state index contributed by atoms with van der Waals surface area (Å²) in [7, 11) is 0. The summed E-state index contributed by atoms with van der Waals surface area (Å²) >= 11 is 7.09. The minimum absolute atomic E-state index is 0.302. The molecule has 0 fully saturated rings. The number of pyridine rings is 1. The van der Waals surface area contributed by atoms with E-state index in [1.165, 1.54) is 17.5 Å². The third-order valence-corrected chi connectivity index (χ3v) is 4.81. The van der Waals surface area contributed by atoms with Gasteiger partial charge in [0.2, 0.25) is 0 Å². The van der Waals surface area contributed by atoms with E-state index in [0.29, 0.717) is 35.4 Å². The molecule has 9 heteroatoms. The topological polar surface area (TPSA) is 84.4 Å². The predicted molar refractivity (Wildman–Crippen MR) is 99.7 cm³/mol. The van der Waals surface area contributed by atoms with E-state index >= 15 is 0 Å². The first-order valence-corrected chi connectivity index (χ1v) is 9.30. The van der Waals surface area contributed by atoms with Crippen LogP contribution >= 0.6 is 22.9 Å². The summed E-state index contributed by atoms with van der Waals surface area (Å²) < 4.78 is 5.41. The molecule has 3 heterocycles. The van der Waals surface area contributed by atoms with Gasteiger partial charge in [0, 0.05) is 24.0 Å². The molecular weight excluding hydrogens is 376 g/mol. The second kappa shape index (κ2) is 7.20. The smallest absolute Gasteiger partial charge is 0.410 e. The highest BCUT2D eigenvalue weighted by atomic mass is 35.5. The van der Waals surface area contributed by atoms with Crippen molar-refractivity contribution in [3.8, 4) is 0 Å². The van der Waals surface area contributed by atoms with Crippen molar-refractivity contribution in [3.05, 3.63) is 39.6 Å². The minimum atomic E-state index is -0.531. The Morgan fingerprint density at radius 3 is 2.77 bits per heavy atom. The van der Waals surface area contributed by atoms with Crippen molar-refractivity contribution < 1.29 is 14.3 Å². The monoisotopic (exact) mass is 394 g/mol. The number of thiazole rings is 1. The van der Waals surface area contributed by atoms with Gasteiger partial charge in [0.15, 0.2) is 5.13 Å². The number of carbonyl (C=O) groups is 2. The Balaban J connectivity index is 1.66. The van der Waals surface area contributed by atoms with Gasteiger partial charge in [0.05, 0.1) is 17.8 Å². The number of anilines is 1. The van der Waals surface area contributed by atoms with E-state index in [1.54, 1.807) is 17.0 Å². The van der Waals surface area contributed by atoms with Gasteiger partial charge in [-0.3, -0.25) is 10.1 Å². The molecule has 0 saturated carbocycles. The van der Waals surface area contributed by atoms with Crippen LogP contribution in [0.1, 0.15) is 41.7 Å². The Hall–Kier alpha value is -2.19. The third-order valence-electron chi connectivity index (χ3n) is 3.59. The summed E-state index contributed by atoms with van der Waals surface area (Å²) in [6.45, 7) is 6.49. The summed E-state index contributed by atoms with van der Waals surface area (Å²) in [6, 6.07) is 3.16. The summed E-state index contributed by atoms with van der Waals surface area (Å²) in [5.74, 6) is -0.302. The number of amides is 2. The molecule has 1 N–H and O–H groups in total. The summed E-state index contributed by atoms with van der Waals surface area (Å²) in [6.07, 6.45) is 1.70. The largest absolute Gasteiger partial charge is 0.444 e. The highest BCUT2D eigenvalue weighted by Crippen LogP contribution is 2.29. The maximum atomic E-state index is 12.3. The van der Waals surface area contributed by atoms with Gasteiger partial charge >= 0.3 is 6.09 Å². The van der Waals surface area contributed by atoms with Crippen molar-refractivity contribution in [2.24, 2.45) is 0 Å². The SMILES string of the molecule is CC(C)(C)OC(=O)N1CCc2nc(NC(=O)c3ccc(Cl)nc3)sc2C1. The van der Waals surface area contributed by atoms with Crippen LogP contribution in [0.3, 0.4) is 0 Å². The lowest BCUT2D eigenvalue weighted by Crippen LogP contribution is -2.39. The second-order valence-corrected chi connectivity index (χ2v) is 8.34. The molecule has 0 aliphatic carbocycles. The fourth-order valence-electron chi connectivity index (χ4n) is 2.41. The third kappa shape index (κ3) is 4.50. The molecule has 0 spiro atoms. The highest BCUT2D eigenvalue weighted by molar-refractivity contribution is 7.15. The number of ether oxygens (including phenoxy) is 1. The first kappa shape index (κ1) is 18.6. The van der Waals surface area contributed by atoms with E-state index in [0.717, 1.165) is 10.6 Å². The minimum Gasteiger partial charge on any atom is -0.444 e. The number of fused-ring (bicyclic) bond motifs is 1. The van der Waals surface area contributed by atoms with Gasteiger partial charge in [-0.2, -0.15) is 0 Å². The van der Waals surface area contributed by atoms with Crippen LogP contribution in [-0.4, -0.2) is 39.0 Å². The van der Waals surface area contributed by atoms with Gasteiger partial charge in [-0.1, -0.05) is 22.9 Å². The number of aromatic nitrogens is 2. The molecule has 0 unspecified atom stereocenters. The van der Waals surface area contributed by atoms with Crippen LogP contribution < -0.4 is 5.32 Å². The molecule has 0 atom stereocenters. The predicted octanol–water partition coefficient (Wildman–Crippen LogP) is 3.74.